The summed E-state index contributed by atoms with van der Waals surface area (Å²) in [7, 11) is 3.10. The monoisotopic (exact) mass is 329 g/mol. The third-order valence-electron chi connectivity index (χ3n) is 3.28. The van der Waals surface area contributed by atoms with Gasteiger partial charge >= 0.3 is 0 Å². The number of hydrogen-bond donors (Lipinski definition) is 1. The van der Waals surface area contributed by atoms with Crippen LogP contribution >= 0.6 is 11.3 Å². The van der Waals surface area contributed by atoms with Crippen LogP contribution < -0.4 is 14.8 Å². The van der Waals surface area contributed by atoms with Gasteiger partial charge in [-0.2, -0.15) is 0 Å². The Hall–Kier alpha value is -2.80. The van der Waals surface area contributed by atoms with E-state index in [0.717, 1.165) is 0 Å². The molecule has 0 saturated heterocycles. The fraction of sp³-hybridized carbons (Fsp3) is 0.125. The molecule has 1 aromatic carbocycles. The van der Waals surface area contributed by atoms with Gasteiger partial charge in [0.2, 0.25) is 0 Å². The summed E-state index contributed by atoms with van der Waals surface area (Å²) in [6.45, 7) is 0. The van der Waals surface area contributed by atoms with Gasteiger partial charge in [0.15, 0.2) is 16.6 Å². The first-order chi connectivity index (χ1) is 11.2. The first kappa shape index (κ1) is 15.1. The molecule has 2 heterocycles. The van der Waals surface area contributed by atoms with Crippen molar-refractivity contribution in [2.45, 2.75) is 0 Å². The van der Waals surface area contributed by atoms with E-state index in [1.165, 1.54) is 18.4 Å². The van der Waals surface area contributed by atoms with Gasteiger partial charge in [-0.15, -0.1) is 11.3 Å². The summed E-state index contributed by atoms with van der Waals surface area (Å²) >= 11 is 1.36. The van der Waals surface area contributed by atoms with E-state index in [1.54, 1.807) is 30.8 Å². The predicted octanol–water partition coefficient (Wildman–Crippen LogP) is 3.20. The molecule has 3 rings (SSSR count). The number of methoxy groups -OCH3 is 2. The molecule has 0 atom stereocenters. The lowest BCUT2D eigenvalue weighted by Gasteiger charge is -2.15. The molecule has 118 valence electrons. The molecule has 2 aromatic heterocycles. The number of nitrogens with one attached hydrogen (secondary N) is 1. The zero-order valence-corrected chi connectivity index (χ0v) is 13.5. The standard InChI is InChI=1S/C16H15N3O3S/c1-21-13-9-11(15(20)18-16-17-5-8-23-16)12(10-14(13)22-2)19-6-3-4-7-19/h3-10H,1-2H3,(H,17,18,20). The maximum absolute atomic E-state index is 12.6. The average molecular weight is 329 g/mol. The van der Waals surface area contributed by atoms with Crippen LogP contribution in [0.5, 0.6) is 11.5 Å². The van der Waals surface area contributed by atoms with Crippen molar-refractivity contribution in [1.29, 1.82) is 0 Å². The van der Waals surface area contributed by atoms with E-state index in [4.69, 9.17) is 9.47 Å². The molecule has 0 bridgehead atoms. The minimum Gasteiger partial charge on any atom is -0.493 e. The maximum atomic E-state index is 12.6. The van der Waals surface area contributed by atoms with Gasteiger partial charge in [0.1, 0.15) is 0 Å². The minimum atomic E-state index is -0.260. The second-order valence-electron chi connectivity index (χ2n) is 4.61. The van der Waals surface area contributed by atoms with E-state index < -0.39 is 0 Å². The molecule has 0 fully saturated rings. The summed E-state index contributed by atoms with van der Waals surface area (Å²) in [5, 5.41) is 5.14. The first-order valence-electron chi connectivity index (χ1n) is 6.83. The van der Waals surface area contributed by atoms with Crippen molar-refractivity contribution in [2.24, 2.45) is 0 Å². The highest BCUT2D eigenvalue weighted by Gasteiger charge is 2.18. The zero-order valence-electron chi connectivity index (χ0n) is 12.6. The predicted molar refractivity (Wildman–Crippen MR) is 88.9 cm³/mol. The van der Waals surface area contributed by atoms with Crippen LogP contribution in [0.25, 0.3) is 5.69 Å². The van der Waals surface area contributed by atoms with Crippen LogP contribution in [-0.4, -0.2) is 29.7 Å². The van der Waals surface area contributed by atoms with E-state index >= 15 is 0 Å². The summed E-state index contributed by atoms with van der Waals surface area (Å²) in [5.74, 6) is 0.791. The van der Waals surface area contributed by atoms with Crippen LogP contribution in [0.15, 0.2) is 48.2 Å². The van der Waals surface area contributed by atoms with Gasteiger partial charge in [0.25, 0.3) is 5.91 Å². The number of hydrogen-bond acceptors (Lipinski definition) is 5. The van der Waals surface area contributed by atoms with Crippen LogP contribution in [-0.2, 0) is 0 Å². The first-order valence-corrected chi connectivity index (χ1v) is 7.71. The van der Waals surface area contributed by atoms with Crippen LogP contribution in [0.3, 0.4) is 0 Å². The highest BCUT2D eigenvalue weighted by atomic mass is 32.1. The normalized spacial score (nSPS) is 10.3. The molecule has 23 heavy (non-hydrogen) atoms. The molecule has 3 aromatic rings. The van der Waals surface area contributed by atoms with Crippen LogP contribution in [0, 0.1) is 0 Å². The highest BCUT2D eigenvalue weighted by Crippen LogP contribution is 2.33. The fourth-order valence-electron chi connectivity index (χ4n) is 2.21. The Kier molecular flexibility index (Phi) is 4.29. The molecule has 0 radical (unpaired) electrons. The second kappa shape index (κ2) is 6.53. The number of benzene rings is 1. The fourth-order valence-corrected chi connectivity index (χ4v) is 2.73. The van der Waals surface area contributed by atoms with E-state index in [1.807, 2.05) is 29.1 Å². The Morgan fingerprint density at radius 1 is 1.17 bits per heavy atom. The molecular weight excluding hydrogens is 314 g/mol. The summed E-state index contributed by atoms with van der Waals surface area (Å²) in [4.78, 5) is 16.7. The number of nitrogens with zero attached hydrogens (tertiary/aromatic N) is 2. The Morgan fingerprint density at radius 3 is 2.48 bits per heavy atom. The Morgan fingerprint density at radius 2 is 1.87 bits per heavy atom. The number of amides is 1. The minimum absolute atomic E-state index is 0.260. The van der Waals surface area contributed by atoms with E-state index in [0.29, 0.717) is 27.9 Å². The molecule has 0 aliphatic heterocycles. The highest BCUT2D eigenvalue weighted by molar-refractivity contribution is 7.13. The van der Waals surface area contributed by atoms with E-state index in [2.05, 4.69) is 10.3 Å². The molecule has 0 spiro atoms. The van der Waals surface area contributed by atoms with Crippen molar-refractivity contribution < 1.29 is 14.3 Å². The summed E-state index contributed by atoms with van der Waals surface area (Å²) in [6.07, 6.45) is 5.37. The molecule has 7 heteroatoms. The number of carbonyl (C=O) groups excluding carboxylic acids is 1. The maximum Gasteiger partial charge on any atom is 0.259 e. The molecule has 0 saturated carbocycles. The van der Waals surface area contributed by atoms with Crippen molar-refractivity contribution >= 4 is 22.4 Å². The van der Waals surface area contributed by atoms with Crippen molar-refractivity contribution in [2.75, 3.05) is 19.5 Å². The lowest BCUT2D eigenvalue weighted by atomic mass is 10.1. The van der Waals surface area contributed by atoms with Crippen LogP contribution in [0.4, 0.5) is 5.13 Å². The van der Waals surface area contributed by atoms with Gasteiger partial charge in [-0.3, -0.25) is 10.1 Å². The van der Waals surface area contributed by atoms with Crippen molar-refractivity contribution in [3.63, 3.8) is 0 Å². The number of thiazole rings is 1. The summed E-state index contributed by atoms with van der Waals surface area (Å²) < 4.78 is 12.5. The molecule has 0 unspecified atom stereocenters. The van der Waals surface area contributed by atoms with E-state index in [9.17, 15) is 4.79 Å². The van der Waals surface area contributed by atoms with Gasteiger partial charge in [0, 0.05) is 30.0 Å². The number of anilines is 1. The van der Waals surface area contributed by atoms with Gasteiger partial charge in [-0.1, -0.05) is 0 Å². The van der Waals surface area contributed by atoms with Gasteiger partial charge in [-0.25, -0.2) is 4.98 Å². The lowest BCUT2D eigenvalue weighted by molar-refractivity contribution is 0.102. The number of rotatable bonds is 5. The molecule has 1 amide bonds. The third-order valence-corrected chi connectivity index (χ3v) is 3.97. The Labute approximate surface area is 137 Å². The number of ether oxygens (including phenoxy) is 2. The third kappa shape index (κ3) is 3.04. The van der Waals surface area contributed by atoms with Crippen molar-refractivity contribution in [3.8, 4) is 17.2 Å². The summed E-state index contributed by atoms with van der Waals surface area (Å²) in [6, 6.07) is 7.21. The largest absolute Gasteiger partial charge is 0.493 e. The average Bonchev–Trinajstić information content (AvgIpc) is 3.27. The zero-order chi connectivity index (χ0) is 16.2. The van der Waals surface area contributed by atoms with E-state index in [-0.39, 0.29) is 5.91 Å². The smallest absolute Gasteiger partial charge is 0.259 e. The van der Waals surface area contributed by atoms with Crippen molar-refractivity contribution in [1.82, 2.24) is 9.55 Å². The number of aromatic nitrogens is 2. The topological polar surface area (TPSA) is 65.4 Å². The van der Waals surface area contributed by atoms with Gasteiger partial charge < -0.3 is 14.0 Å². The SMILES string of the molecule is COc1cc(C(=O)Nc2nccs2)c(-n2cccc2)cc1OC. The summed E-state index contributed by atoms with van der Waals surface area (Å²) in [5.41, 5.74) is 1.16. The van der Waals surface area contributed by atoms with Crippen LogP contribution in [0.2, 0.25) is 0 Å². The molecule has 1 N–H and O–H groups in total. The number of carbonyl (C=O) groups is 1. The Bertz CT molecular complexity index is 798. The molecular formula is C16H15N3O3S. The quantitative estimate of drug-likeness (QED) is 0.780. The molecule has 0 aliphatic carbocycles. The Balaban J connectivity index is 2.07. The molecule has 0 aliphatic rings. The van der Waals surface area contributed by atoms with Gasteiger partial charge in [-0.05, 0) is 18.2 Å². The molecule has 6 nitrogen and oxygen atoms in total. The second-order valence-corrected chi connectivity index (χ2v) is 5.50. The lowest BCUT2D eigenvalue weighted by Crippen LogP contribution is -2.15. The van der Waals surface area contributed by atoms with Crippen LogP contribution in [0.1, 0.15) is 10.4 Å². The van der Waals surface area contributed by atoms with Gasteiger partial charge in [0.05, 0.1) is 25.5 Å². The van der Waals surface area contributed by atoms with Crippen molar-refractivity contribution in [3.05, 3.63) is 53.8 Å².